The van der Waals surface area contributed by atoms with Crippen molar-refractivity contribution < 1.29 is 9.90 Å². The standard InChI is InChI=1S/C13H15NO2/c1-4-11(5-2)14-12-7-6-10(13(15)16)8-9(12)3/h1,6-8,11,14H,5H2,2-3H3,(H,15,16). The molecule has 0 heterocycles. The number of rotatable bonds is 4. The van der Waals surface area contributed by atoms with E-state index >= 15 is 0 Å². The summed E-state index contributed by atoms with van der Waals surface area (Å²) in [6, 6.07) is 4.93. The second-order valence-corrected chi connectivity index (χ2v) is 3.61. The Morgan fingerprint density at radius 2 is 2.31 bits per heavy atom. The van der Waals surface area contributed by atoms with Gasteiger partial charge < -0.3 is 10.4 Å². The minimum absolute atomic E-state index is 0.0191. The van der Waals surface area contributed by atoms with Gasteiger partial charge in [0.05, 0.1) is 11.6 Å². The molecule has 0 radical (unpaired) electrons. The van der Waals surface area contributed by atoms with E-state index in [-0.39, 0.29) is 11.6 Å². The number of carboxylic acid groups (broad SMARTS) is 1. The van der Waals surface area contributed by atoms with Crippen LogP contribution in [-0.2, 0) is 0 Å². The van der Waals surface area contributed by atoms with Gasteiger partial charge in [0.2, 0.25) is 0 Å². The molecule has 1 unspecified atom stereocenters. The van der Waals surface area contributed by atoms with E-state index in [2.05, 4.69) is 11.2 Å². The van der Waals surface area contributed by atoms with E-state index in [0.29, 0.717) is 0 Å². The van der Waals surface area contributed by atoms with Crippen LogP contribution in [0.25, 0.3) is 0 Å². The average Bonchev–Trinajstić information content (AvgIpc) is 2.27. The highest BCUT2D eigenvalue weighted by atomic mass is 16.4. The molecule has 0 saturated heterocycles. The Morgan fingerprint density at radius 1 is 1.62 bits per heavy atom. The van der Waals surface area contributed by atoms with E-state index in [9.17, 15) is 4.79 Å². The molecule has 16 heavy (non-hydrogen) atoms. The number of aryl methyl sites for hydroxylation is 1. The summed E-state index contributed by atoms with van der Waals surface area (Å²) in [5, 5.41) is 12.0. The van der Waals surface area contributed by atoms with Crippen molar-refractivity contribution in [1.82, 2.24) is 0 Å². The smallest absolute Gasteiger partial charge is 0.335 e. The number of hydrogen-bond acceptors (Lipinski definition) is 2. The number of carbonyl (C=O) groups is 1. The normalized spacial score (nSPS) is 11.6. The molecular weight excluding hydrogens is 202 g/mol. The van der Waals surface area contributed by atoms with Crippen molar-refractivity contribution in [2.24, 2.45) is 0 Å². The Morgan fingerprint density at radius 3 is 2.75 bits per heavy atom. The van der Waals surface area contributed by atoms with Crippen molar-refractivity contribution in [2.45, 2.75) is 26.3 Å². The van der Waals surface area contributed by atoms with E-state index in [1.807, 2.05) is 13.8 Å². The number of benzene rings is 1. The summed E-state index contributed by atoms with van der Waals surface area (Å²) in [6.07, 6.45) is 6.18. The molecule has 1 aromatic rings. The Kier molecular flexibility index (Phi) is 3.96. The van der Waals surface area contributed by atoms with Gasteiger partial charge in [0, 0.05) is 5.69 Å². The first-order chi connectivity index (χ1) is 7.58. The second kappa shape index (κ2) is 5.22. The Hall–Kier alpha value is -1.95. The SMILES string of the molecule is C#CC(CC)Nc1ccc(C(=O)O)cc1C. The van der Waals surface area contributed by atoms with Crippen LogP contribution in [0, 0.1) is 19.3 Å². The first-order valence-electron chi connectivity index (χ1n) is 5.15. The zero-order valence-corrected chi connectivity index (χ0v) is 9.45. The maximum atomic E-state index is 10.7. The summed E-state index contributed by atoms with van der Waals surface area (Å²) in [6.45, 7) is 3.86. The maximum absolute atomic E-state index is 10.7. The van der Waals surface area contributed by atoms with Gasteiger partial charge in [-0.2, -0.15) is 0 Å². The molecule has 0 aliphatic carbocycles. The molecule has 0 aliphatic rings. The molecular formula is C13H15NO2. The quantitative estimate of drug-likeness (QED) is 0.762. The van der Waals surface area contributed by atoms with Crippen LogP contribution in [0.2, 0.25) is 0 Å². The highest BCUT2D eigenvalue weighted by Gasteiger charge is 2.07. The maximum Gasteiger partial charge on any atom is 0.335 e. The van der Waals surface area contributed by atoms with Gasteiger partial charge in [-0.25, -0.2) is 4.79 Å². The van der Waals surface area contributed by atoms with Crippen LogP contribution in [-0.4, -0.2) is 17.1 Å². The molecule has 1 rings (SSSR count). The zero-order valence-electron chi connectivity index (χ0n) is 9.45. The lowest BCUT2D eigenvalue weighted by Gasteiger charge is -2.14. The number of anilines is 1. The molecule has 0 spiro atoms. The van der Waals surface area contributed by atoms with Crippen molar-refractivity contribution in [3.63, 3.8) is 0 Å². The Bertz CT molecular complexity index is 432. The van der Waals surface area contributed by atoms with Gasteiger partial charge in [0.1, 0.15) is 0 Å². The lowest BCUT2D eigenvalue weighted by atomic mass is 10.1. The number of terminal acetylenes is 1. The van der Waals surface area contributed by atoms with Crippen molar-refractivity contribution in [3.8, 4) is 12.3 Å². The van der Waals surface area contributed by atoms with Gasteiger partial charge in [-0.3, -0.25) is 0 Å². The molecule has 0 amide bonds. The summed E-state index contributed by atoms with van der Waals surface area (Å²) in [4.78, 5) is 10.7. The van der Waals surface area contributed by atoms with E-state index in [1.165, 1.54) is 0 Å². The molecule has 0 saturated carbocycles. The van der Waals surface area contributed by atoms with Gasteiger partial charge in [0.25, 0.3) is 0 Å². The van der Waals surface area contributed by atoms with Gasteiger partial charge in [0.15, 0.2) is 0 Å². The fourth-order valence-corrected chi connectivity index (χ4v) is 1.41. The lowest BCUT2D eigenvalue weighted by Crippen LogP contribution is -2.16. The Balaban J connectivity index is 2.92. The zero-order chi connectivity index (χ0) is 12.1. The highest BCUT2D eigenvalue weighted by Crippen LogP contribution is 2.18. The minimum Gasteiger partial charge on any atom is -0.478 e. The molecule has 0 fully saturated rings. The third-order valence-corrected chi connectivity index (χ3v) is 2.41. The fraction of sp³-hybridized carbons (Fsp3) is 0.308. The summed E-state index contributed by atoms with van der Waals surface area (Å²) < 4.78 is 0. The third-order valence-electron chi connectivity index (χ3n) is 2.41. The molecule has 1 aromatic carbocycles. The summed E-state index contributed by atoms with van der Waals surface area (Å²) in [5.41, 5.74) is 2.06. The van der Waals surface area contributed by atoms with Crippen molar-refractivity contribution in [3.05, 3.63) is 29.3 Å². The fourth-order valence-electron chi connectivity index (χ4n) is 1.41. The van der Waals surface area contributed by atoms with Crippen molar-refractivity contribution in [2.75, 3.05) is 5.32 Å². The Labute approximate surface area is 95.5 Å². The predicted octanol–water partition coefficient (Wildman–Crippen LogP) is 2.52. The van der Waals surface area contributed by atoms with Crippen LogP contribution >= 0.6 is 0 Å². The summed E-state index contributed by atoms with van der Waals surface area (Å²) in [7, 11) is 0. The first kappa shape index (κ1) is 12.1. The molecule has 3 nitrogen and oxygen atoms in total. The molecule has 84 valence electrons. The minimum atomic E-state index is -0.918. The predicted molar refractivity (Wildman–Crippen MR) is 64.7 cm³/mol. The molecule has 2 N–H and O–H groups in total. The second-order valence-electron chi connectivity index (χ2n) is 3.61. The van der Waals surface area contributed by atoms with E-state index in [0.717, 1.165) is 17.7 Å². The van der Waals surface area contributed by atoms with E-state index in [4.69, 9.17) is 11.5 Å². The van der Waals surface area contributed by atoms with Crippen LogP contribution < -0.4 is 5.32 Å². The van der Waals surface area contributed by atoms with Crippen LogP contribution in [0.4, 0.5) is 5.69 Å². The van der Waals surface area contributed by atoms with Crippen LogP contribution in [0.15, 0.2) is 18.2 Å². The number of carboxylic acids is 1. The molecule has 1 atom stereocenters. The number of hydrogen-bond donors (Lipinski definition) is 2. The topological polar surface area (TPSA) is 49.3 Å². The van der Waals surface area contributed by atoms with Gasteiger partial charge in [-0.05, 0) is 37.1 Å². The van der Waals surface area contributed by atoms with Crippen molar-refractivity contribution >= 4 is 11.7 Å². The monoisotopic (exact) mass is 217 g/mol. The van der Waals surface area contributed by atoms with E-state index < -0.39 is 5.97 Å². The van der Waals surface area contributed by atoms with Crippen LogP contribution in [0.1, 0.15) is 29.3 Å². The van der Waals surface area contributed by atoms with Gasteiger partial charge >= 0.3 is 5.97 Å². The number of aromatic carboxylic acids is 1. The summed E-state index contributed by atoms with van der Waals surface area (Å²) >= 11 is 0. The molecule has 0 aromatic heterocycles. The molecule has 0 aliphatic heterocycles. The van der Waals surface area contributed by atoms with E-state index in [1.54, 1.807) is 18.2 Å². The highest BCUT2D eigenvalue weighted by molar-refractivity contribution is 5.88. The largest absolute Gasteiger partial charge is 0.478 e. The van der Waals surface area contributed by atoms with Crippen LogP contribution in [0.3, 0.4) is 0 Å². The third kappa shape index (κ3) is 2.77. The summed E-state index contributed by atoms with van der Waals surface area (Å²) in [5.74, 6) is 1.72. The molecule has 0 bridgehead atoms. The lowest BCUT2D eigenvalue weighted by molar-refractivity contribution is 0.0697. The van der Waals surface area contributed by atoms with Gasteiger partial charge in [-0.1, -0.05) is 12.8 Å². The van der Waals surface area contributed by atoms with Crippen LogP contribution in [0.5, 0.6) is 0 Å². The average molecular weight is 217 g/mol. The van der Waals surface area contributed by atoms with Crippen molar-refractivity contribution in [1.29, 1.82) is 0 Å². The first-order valence-corrected chi connectivity index (χ1v) is 5.15. The van der Waals surface area contributed by atoms with Gasteiger partial charge in [-0.15, -0.1) is 6.42 Å². The number of nitrogens with one attached hydrogen (secondary N) is 1. The molecule has 3 heteroatoms.